The van der Waals surface area contributed by atoms with Gasteiger partial charge in [0.15, 0.2) is 0 Å². The molecule has 0 bridgehead atoms. The molecule has 0 aromatic carbocycles. The molecule has 2 amide bonds. The molecule has 1 saturated heterocycles. The van der Waals surface area contributed by atoms with Gasteiger partial charge in [-0.2, -0.15) is 0 Å². The van der Waals surface area contributed by atoms with Crippen molar-refractivity contribution in [3.8, 4) is 0 Å². The standard InChI is InChI=1S/C15H17N3O5/c1-16-14(20)10-3-7(4-11(17-10)15(21)22-2)13(19)18-12-8-5-23-6-9(8)12/h3-4,8-9,12H,5-6H2,1-2H3,(H,16,20)(H,18,19)/t8-,9+,12+. The number of ether oxygens (including phenoxy) is 2. The number of carbonyl (C=O) groups excluding carboxylic acids is 3. The third-order valence-electron chi connectivity index (χ3n) is 4.19. The number of nitrogens with zero attached hydrogens (tertiary/aromatic N) is 1. The largest absolute Gasteiger partial charge is 0.464 e. The molecular weight excluding hydrogens is 302 g/mol. The zero-order valence-corrected chi connectivity index (χ0v) is 12.8. The highest BCUT2D eigenvalue weighted by Crippen LogP contribution is 2.44. The number of aromatic nitrogens is 1. The van der Waals surface area contributed by atoms with Crippen molar-refractivity contribution in [1.29, 1.82) is 0 Å². The van der Waals surface area contributed by atoms with Gasteiger partial charge >= 0.3 is 5.97 Å². The van der Waals surface area contributed by atoms with Crippen molar-refractivity contribution >= 4 is 17.8 Å². The molecule has 3 rings (SSSR count). The minimum absolute atomic E-state index is 0.0140. The van der Waals surface area contributed by atoms with Crippen LogP contribution in [0.25, 0.3) is 0 Å². The van der Waals surface area contributed by atoms with Crippen molar-refractivity contribution < 1.29 is 23.9 Å². The maximum Gasteiger partial charge on any atom is 0.356 e. The maximum absolute atomic E-state index is 12.4. The second-order valence-electron chi connectivity index (χ2n) is 5.56. The highest BCUT2D eigenvalue weighted by Gasteiger charge is 2.54. The zero-order valence-electron chi connectivity index (χ0n) is 12.8. The van der Waals surface area contributed by atoms with Gasteiger partial charge in [0.2, 0.25) is 0 Å². The van der Waals surface area contributed by atoms with Gasteiger partial charge in [-0.15, -0.1) is 0 Å². The van der Waals surface area contributed by atoms with Crippen molar-refractivity contribution in [2.24, 2.45) is 11.8 Å². The number of nitrogens with one attached hydrogen (secondary N) is 2. The molecule has 2 heterocycles. The van der Waals surface area contributed by atoms with Crippen LogP contribution in [0.3, 0.4) is 0 Å². The van der Waals surface area contributed by atoms with Gasteiger partial charge in [0.05, 0.1) is 20.3 Å². The summed E-state index contributed by atoms with van der Waals surface area (Å²) in [5, 5.41) is 5.33. The van der Waals surface area contributed by atoms with Crippen LogP contribution in [0.4, 0.5) is 0 Å². The fourth-order valence-corrected chi connectivity index (χ4v) is 2.80. The molecule has 8 heteroatoms. The van der Waals surface area contributed by atoms with E-state index in [-0.39, 0.29) is 28.9 Å². The Morgan fingerprint density at radius 1 is 1.17 bits per heavy atom. The highest BCUT2D eigenvalue weighted by atomic mass is 16.5. The number of amides is 2. The van der Waals surface area contributed by atoms with Crippen LogP contribution in [0.5, 0.6) is 0 Å². The summed E-state index contributed by atoms with van der Waals surface area (Å²) in [4.78, 5) is 39.8. The van der Waals surface area contributed by atoms with Crippen molar-refractivity contribution in [3.63, 3.8) is 0 Å². The lowest BCUT2D eigenvalue weighted by Gasteiger charge is -2.10. The molecular formula is C15H17N3O5. The molecule has 1 aliphatic carbocycles. The third-order valence-corrected chi connectivity index (χ3v) is 4.19. The third kappa shape index (κ3) is 2.89. The quantitative estimate of drug-likeness (QED) is 0.732. The molecule has 1 saturated carbocycles. The fraction of sp³-hybridized carbons (Fsp3) is 0.467. The van der Waals surface area contributed by atoms with Crippen LogP contribution >= 0.6 is 0 Å². The number of pyridine rings is 1. The summed E-state index contributed by atoms with van der Waals surface area (Å²) >= 11 is 0. The Kier molecular flexibility index (Phi) is 3.99. The monoisotopic (exact) mass is 319 g/mol. The van der Waals surface area contributed by atoms with E-state index in [9.17, 15) is 14.4 Å². The van der Waals surface area contributed by atoms with Gasteiger partial charge in [0.25, 0.3) is 11.8 Å². The van der Waals surface area contributed by atoms with Crippen LogP contribution in [0.15, 0.2) is 12.1 Å². The summed E-state index contributed by atoms with van der Waals surface area (Å²) < 4.78 is 9.89. The van der Waals surface area contributed by atoms with E-state index in [0.717, 1.165) is 0 Å². The Balaban J connectivity index is 1.83. The topological polar surface area (TPSA) is 107 Å². The number of methoxy groups -OCH3 is 1. The number of fused-ring (bicyclic) bond motifs is 1. The first kappa shape index (κ1) is 15.4. The number of esters is 1. The van der Waals surface area contributed by atoms with E-state index in [0.29, 0.717) is 25.0 Å². The van der Waals surface area contributed by atoms with E-state index in [2.05, 4.69) is 20.4 Å². The molecule has 23 heavy (non-hydrogen) atoms. The van der Waals surface area contributed by atoms with Crippen molar-refractivity contribution in [2.75, 3.05) is 27.4 Å². The van der Waals surface area contributed by atoms with Crippen LogP contribution in [0.2, 0.25) is 0 Å². The smallest absolute Gasteiger partial charge is 0.356 e. The summed E-state index contributed by atoms with van der Waals surface area (Å²) in [5.41, 5.74) is 0.0999. The fourth-order valence-electron chi connectivity index (χ4n) is 2.80. The zero-order chi connectivity index (χ0) is 16.6. The predicted molar refractivity (Wildman–Crippen MR) is 78.0 cm³/mol. The van der Waals surface area contributed by atoms with E-state index < -0.39 is 11.9 Å². The molecule has 1 aliphatic heterocycles. The van der Waals surface area contributed by atoms with E-state index in [4.69, 9.17) is 4.74 Å². The minimum atomic E-state index is -0.707. The number of hydrogen-bond acceptors (Lipinski definition) is 6. The second-order valence-corrected chi connectivity index (χ2v) is 5.56. The molecule has 1 aromatic rings. The summed E-state index contributed by atoms with van der Waals surface area (Å²) in [7, 11) is 2.65. The first-order valence-corrected chi connectivity index (χ1v) is 7.26. The van der Waals surface area contributed by atoms with E-state index >= 15 is 0 Å². The molecule has 2 N–H and O–H groups in total. The lowest BCUT2D eigenvalue weighted by Crippen LogP contribution is -2.31. The normalized spacial score (nSPS) is 24.5. The van der Waals surface area contributed by atoms with Crippen LogP contribution < -0.4 is 10.6 Å². The summed E-state index contributed by atoms with van der Waals surface area (Å²) in [6, 6.07) is 2.77. The van der Waals surface area contributed by atoms with Crippen LogP contribution in [0, 0.1) is 11.8 Å². The lowest BCUT2D eigenvalue weighted by molar-refractivity contribution is 0.0594. The van der Waals surface area contributed by atoms with E-state index in [1.54, 1.807) is 0 Å². The van der Waals surface area contributed by atoms with E-state index in [1.807, 2.05) is 0 Å². The molecule has 1 aromatic heterocycles. The Hall–Kier alpha value is -2.48. The number of rotatable bonds is 4. The van der Waals surface area contributed by atoms with Gasteiger partial charge in [0, 0.05) is 30.5 Å². The van der Waals surface area contributed by atoms with E-state index in [1.165, 1.54) is 26.3 Å². The molecule has 8 nitrogen and oxygen atoms in total. The van der Waals surface area contributed by atoms with Gasteiger partial charge in [-0.1, -0.05) is 0 Å². The summed E-state index contributed by atoms with van der Waals surface area (Å²) in [6.45, 7) is 1.31. The molecule has 0 radical (unpaired) electrons. The molecule has 2 aliphatic rings. The Morgan fingerprint density at radius 3 is 2.43 bits per heavy atom. The van der Waals surface area contributed by atoms with Gasteiger partial charge in [-0.3, -0.25) is 9.59 Å². The number of carbonyl (C=O) groups is 3. The first-order chi connectivity index (χ1) is 11.0. The average molecular weight is 319 g/mol. The molecule has 0 unspecified atom stereocenters. The Bertz CT molecular complexity index is 631. The molecule has 122 valence electrons. The SMILES string of the molecule is CNC(=O)c1cc(C(=O)N[C@H]2[C@@H]3COC[C@@H]32)cc(C(=O)OC)n1. The van der Waals surface area contributed by atoms with Crippen LogP contribution in [-0.2, 0) is 9.47 Å². The van der Waals surface area contributed by atoms with Crippen LogP contribution in [-0.4, -0.2) is 56.2 Å². The van der Waals surface area contributed by atoms with Gasteiger partial charge < -0.3 is 20.1 Å². The van der Waals surface area contributed by atoms with Gasteiger partial charge in [-0.05, 0) is 12.1 Å². The second kappa shape index (κ2) is 5.96. The van der Waals surface area contributed by atoms with Crippen molar-refractivity contribution in [3.05, 3.63) is 29.1 Å². The Labute approximate surface area is 132 Å². The maximum atomic E-state index is 12.4. The predicted octanol–water partition coefficient (Wildman–Crippen LogP) is -0.398. The molecule has 2 fully saturated rings. The van der Waals surface area contributed by atoms with Crippen molar-refractivity contribution in [1.82, 2.24) is 15.6 Å². The van der Waals surface area contributed by atoms with Crippen LogP contribution in [0.1, 0.15) is 31.3 Å². The minimum Gasteiger partial charge on any atom is -0.464 e. The first-order valence-electron chi connectivity index (χ1n) is 7.26. The molecule has 0 spiro atoms. The highest BCUT2D eigenvalue weighted by molar-refractivity contribution is 6.01. The van der Waals surface area contributed by atoms with Gasteiger partial charge in [0.1, 0.15) is 11.4 Å². The van der Waals surface area contributed by atoms with Crippen molar-refractivity contribution in [2.45, 2.75) is 6.04 Å². The average Bonchev–Trinajstić information content (AvgIpc) is 2.99. The molecule has 3 atom stereocenters. The lowest BCUT2D eigenvalue weighted by atomic mass is 10.1. The summed E-state index contributed by atoms with van der Waals surface area (Å²) in [6.07, 6.45) is 0. The number of hydrogen-bond donors (Lipinski definition) is 2. The van der Waals surface area contributed by atoms with Gasteiger partial charge in [-0.25, -0.2) is 9.78 Å². The Morgan fingerprint density at radius 2 is 1.83 bits per heavy atom. The summed E-state index contributed by atoms with van der Waals surface area (Å²) in [5.74, 6) is -0.816.